The Morgan fingerprint density at radius 1 is 1.26 bits per heavy atom. The van der Waals surface area contributed by atoms with E-state index in [0.717, 1.165) is 12.5 Å². The molecule has 2 N–H and O–H groups in total. The predicted octanol–water partition coefficient (Wildman–Crippen LogP) is 4.55. The number of aryl methyl sites for hydroxylation is 2. The summed E-state index contributed by atoms with van der Waals surface area (Å²) in [5, 5.41) is 0.712. The Kier molecular flexibility index (Phi) is 5.35. The second kappa shape index (κ2) is 6.81. The van der Waals surface area contributed by atoms with Crippen molar-refractivity contribution in [3.63, 3.8) is 0 Å². The molecular formula is C17H27NS. The molecule has 1 aliphatic carbocycles. The van der Waals surface area contributed by atoms with Crippen molar-refractivity contribution < 1.29 is 0 Å². The zero-order valence-corrected chi connectivity index (χ0v) is 13.3. The van der Waals surface area contributed by atoms with Gasteiger partial charge in [-0.05, 0) is 56.7 Å². The Labute approximate surface area is 122 Å². The van der Waals surface area contributed by atoms with Crippen LogP contribution in [0.5, 0.6) is 0 Å². The van der Waals surface area contributed by atoms with Gasteiger partial charge in [0.05, 0.1) is 0 Å². The molecule has 3 atom stereocenters. The molecule has 0 aromatic heterocycles. The van der Waals surface area contributed by atoms with Crippen LogP contribution in [0.2, 0.25) is 0 Å². The van der Waals surface area contributed by atoms with E-state index < -0.39 is 0 Å². The van der Waals surface area contributed by atoms with Crippen molar-refractivity contribution in [1.82, 2.24) is 0 Å². The minimum absolute atomic E-state index is 0.702. The Morgan fingerprint density at radius 2 is 2.05 bits per heavy atom. The molecular weight excluding hydrogens is 250 g/mol. The van der Waals surface area contributed by atoms with Gasteiger partial charge < -0.3 is 5.73 Å². The zero-order valence-electron chi connectivity index (χ0n) is 12.5. The highest BCUT2D eigenvalue weighted by Gasteiger charge is 2.29. The van der Waals surface area contributed by atoms with Crippen LogP contribution in [-0.4, -0.2) is 11.8 Å². The summed E-state index contributed by atoms with van der Waals surface area (Å²) in [4.78, 5) is 1.46. The maximum atomic E-state index is 5.99. The first-order valence-electron chi connectivity index (χ1n) is 7.58. The molecule has 1 aromatic rings. The number of hydrogen-bond donors (Lipinski definition) is 1. The first kappa shape index (κ1) is 14.9. The third kappa shape index (κ3) is 3.76. The SMILES string of the molecule is CCC1CCC(CN)C(Sc2cc(C)ccc2C)C1. The molecule has 1 nitrogen and oxygen atoms in total. The van der Waals surface area contributed by atoms with E-state index in [4.69, 9.17) is 5.73 Å². The molecule has 0 spiro atoms. The molecule has 0 heterocycles. The van der Waals surface area contributed by atoms with Gasteiger partial charge in [-0.3, -0.25) is 0 Å². The molecule has 19 heavy (non-hydrogen) atoms. The van der Waals surface area contributed by atoms with Crippen LogP contribution < -0.4 is 5.73 Å². The lowest BCUT2D eigenvalue weighted by Gasteiger charge is -2.35. The van der Waals surface area contributed by atoms with Crippen LogP contribution in [0.25, 0.3) is 0 Å². The van der Waals surface area contributed by atoms with Crippen LogP contribution >= 0.6 is 11.8 Å². The number of rotatable bonds is 4. The molecule has 0 saturated heterocycles. The van der Waals surface area contributed by atoms with Gasteiger partial charge in [-0.25, -0.2) is 0 Å². The summed E-state index contributed by atoms with van der Waals surface area (Å²) in [5.41, 5.74) is 8.76. The molecule has 1 aromatic carbocycles. The molecule has 2 heteroatoms. The Hall–Kier alpha value is -0.470. The largest absolute Gasteiger partial charge is 0.330 e. The predicted molar refractivity (Wildman–Crippen MR) is 85.7 cm³/mol. The summed E-state index contributed by atoms with van der Waals surface area (Å²) in [7, 11) is 0. The van der Waals surface area contributed by atoms with E-state index in [1.165, 1.54) is 41.7 Å². The summed E-state index contributed by atoms with van der Waals surface area (Å²) in [5.74, 6) is 1.61. The van der Waals surface area contributed by atoms with Crippen molar-refractivity contribution in [2.24, 2.45) is 17.6 Å². The van der Waals surface area contributed by atoms with Crippen molar-refractivity contribution in [2.75, 3.05) is 6.54 Å². The minimum atomic E-state index is 0.702. The summed E-state index contributed by atoms with van der Waals surface area (Å²) in [6.07, 6.45) is 5.36. The quantitative estimate of drug-likeness (QED) is 0.873. The first-order valence-corrected chi connectivity index (χ1v) is 8.46. The van der Waals surface area contributed by atoms with Gasteiger partial charge in [0.25, 0.3) is 0 Å². The van der Waals surface area contributed by atoms with Gasteiger partial charge in [-0.2, -0.15) is 0 Å². The van der Waals surface area contributed by atoms with Crippen molar-refractivity contribution in [3.8, 4) is 0 Å². The van der Waals surface area contributed by atoms with Crippen molar-refractivity contribution in [2.45, 2.75) is 56.6 Å². The number of hydrogen-bond acceptors (Lipinski definition) is 2. The smallest absolute Gasteiger partial charge is 0.0137 e. The standard InChI is InChI=1S/C17H27NS/c1-4-14-7-8-15(11-18)17(10-14)19-16-9-12(2)5-6-13(16)3/h5-6,9,14-15,17H,4,7-8,10-11,18H2,1-3H3. The molecule has 0 aliphatic heterocycles. The van der Waals surface area contributed by atoms with Crippen LogP contribution in [0.1, 0.15) is 43.7 Å². The lowest BCUT2D eigenvalue weighted by molar-refractivity contribution is 0.284. The number of benzene rings is 1. The lowest BCUT2D eigenvalue weighted by atomic mass is 9.80. The number of thioether (sulfide) groups is 1. The van der Waals surface area contributed by atoms with Crippen molar-refractivity contribution in [1.29, 1.82) is 0 Å². The molecule has 1 aliphatic rings. The van der Waals surface area contributed by atoms with E-state index in [1.807, 2.05) is 0 Å². The third-order valence-corrected chi connectivity index (χ3v) is 6.11. The van der Waals surface area contributed by atoms with Crippen LogP contribution in [0.4, 0.5) is 0 Å². The highest BCUT2D eigenvalue weighted by atomic mass is 32.2. The summed E-state index contributed by atoms with van der Waals surface area (Å²) in [6, 6.07) is 6.79. The van der Waals surface area contributed by atoms with E-state index in [2.05, 4.69) is 50.7 Å². The molecule has 106 valence electrons. The van der Waals surface area contributed by atoms with Crippen LogP contribution in [-0.2, 0) is 0 Å². The third-order valence-electron chi connectivity index (χ3n) is 4.54. The molecule has 0 radical (unpaired) electrons. The van der Waals surface area contributed by atoms with E-state index >= 15 is 0 Å². The van der Waals surface area contributed by atoms with Gasteiger partial charge in [-0.1, -0.05) is 37.5 Å². The summed E-state index contributed by atoms with van der Waals surface area (Å²) >= 11 is 2.08. The summed E-state index contributed by atoms with van der Waals surface area (Å²) < 4.78 is 0. The molecule has 1 fully saturated rings. The fourth-order valence-electron chi connectivity index (χ4n) is 3.06. The zero-order chi connectivity index (χ0) is 13.8. The highest BCUT2D eigenvalue weighted by Crippen LogP contribution is 2.41. The second-order valence-electron chi connectivity index (χ2n) is 6.01. The topological polar surface area (TPSA) is 26.0 Å². The maximum Gasteiger partial charge on any atom is 0.0137 e. The van der Waals surface area contributed by atoms with Gasteiger partial charge in [0, 0.05) is 10.1 Å². The molecule has 0 amide bonds. The Balaban J connectivity index is 2.11. The van der Waals surface area contributed by atoms with Gasteiger partial charge in [0.1, 0.15) is 0 Å². The summed E-state index contributed by atoms with van der Waals surface area (Å²) in [6.45, 7) is 7.57. The van der Waals surface area contributed by atoms with Crippen molar-refractivity contribution >= 4 is 11.8 Å². The Morgan fingerprint density at radius 3 is 2.74 bits per heavy atom. The van der Waals surface area contributed by atoms with Gasteiger partial charge in [0.15, 0.2) is 0 Å². The van der Waals surface area contributed by atoms with Crippen LogP contribution in [0.15, 0.2) is 23.1 Å². The van der Waals surface area contributed by atoms with Crippen LogP contribution in [0, 0.1) is 25.7 Å². The van der Waals surface area contributed by atoms with E-state index in [0.29, 0.717) is 11.2 Å². The fraction of sp³-hybridized carbons (Fsp3) is 0.647. The maximum absolute atomic E-state index is 5.99. The average molecular weight is 277 g/mol. The monoisotopic (exact) mass is 277 g/mol. The van der Waals surface area contributed by atoms with Gasteiger partial charge in [0.2, 0.25) is 0 Å². The van der Waals surface area contributed by atoms with Crippen molar-refractivity contribution in [3.05, 3.63) is 29.3 Å². The molecule has 0 bridgehead atoms. The number of nitrogens with two attached hydrogens (primary N) is 1. The van der Waals surface area contributed by atoms with Gasteiger partial charge in [-0.15, -0.1) is 11.8 Å². The normalized spacial score (nSPS) is 27.5. The Bertz CT molecular complexity index is 416. The minimum Gasteiger partial charge on any atom is -0.330 e. The van der Waals surface area contributed by atoms with Gasteiger partial charge >= 0.3 is 0 Å². The molecule has 3 unspecified atom stereocenters. The van der Waals surface area contributed by atoms with Crippen LogP contribution in [0.3, 0.4) is 0 Å². The second-order valence-corrected chi connectivity index (χ2v) is 7.29. The fourth-order valence-corrected chi connectivity index (χ4v) is 4.70. The van der Waals surface area contributed by atoms with E-state index in [9.17, 15) is 0 Å². The highest BCUT2D eigenvalue weighted by molar-refractivity contribution is 8.00. The average Bonchev–Trinajstić information content (AvgIpc) is 2.42. The lowest BCUT2D eigenvalue weighted by Crippen LogP contribution is -2.32. The van der Waals surface area contributed by atoms with E-state index in [1.54, 1.807) is 0 Å². The molecule has 2 rings (SSSR count). The first-order chi connectivity index (χ1) is 9.13. The van der Waals surface area contributed by atoms with E-state index in [-0.39, 0.29) is 0 Å². The molecule has 1 saturated carbocycles.